The van der Waals surface area contributed by atoms with E-state index in [4.69, 9.17) is 9.84 Å². The van der Waals surface area contributed by atoms with Crippen LogP contribution in [0.3, 0.4) is 0 Å². The SMILES string of the molecule is COCC(C)(C)[C@H](C)CO. The Kier molecular flexibility index (Phi) is 3.91. The van der Waals surface area contributed by atoms with E-state index in [-0.39, 0.29) is 12.0 Å². The van der Waals surface area contributed by atoms with Gasteiger partial charge in [-0.05, 0) is 11.3 Å². The first-order chi connectivity index (χ1) is 4.54. The van der Waals surface area contributed by atoms with Crippen molar-refractivity contribution in [3.8, 4) is 0 Å². The Morgan fingerprint density at radius 1 is 1.50 bits per heavy atom. The molecular formula is C8H18O2. The number of rotatable bonds is 4. The van der Waals surface area contributed by atoms with Gasteiger partial charge in [-0.3, -0.25) is 0 Å². The molecule has 1 atom stereocenters. The molecule has 0 aromatic heterocycles. The Morgan fingerprint density at radius 3 is 2.30 bits per heavy atom. The van der Waals surface area contributed by atoms with E-state index in [0.29, 0.717) is 12.5 Å². The van der Waals surface area contributed by atoms with Crippen molar-refractivity contribution in [1.82, 2.24) is 0 Å². The minimum atomic E-state index is 0.0868. The molecule has 2 nitrogen and oxygen atoms in total. The number of hydrogen-bond acceptors (Lipinski definition) is 2. The maximum Gasteiger partial charge on any atom is 0.0516 e. The quantitative estimate of drug-likeness (QED) is 0.647. The Hall–Kier alpha value is -0.0800. The van der Waals surface area contributed by atoms with Gasteiger partial charge >= 0.3 is 0 Å². The fourth-order valence-corrected chi connectivity index (χ4v) is 0.761. The second-order valence-electron chi connectivity index (χ2n) is 3.51. The molecule has 2 heteroatoms. The molecule has 0 aromatic carbocycles. The average Bonchev–Trinajstić information content (AvgIpc) is 1.86. The maximum atomic E-state index is 8.84. The summed E-state index contributed by atoms with van der Waals surface area (Å²) in [6, 6.07) is 0. The topological polar surface area (TPSA) is 29.5 Å². The first-order valence-electron chi connectivity index (χ1n) is 3.64. The average molecular weight is 146 g/mol. The summed E-state index contributed by atoms with van der Waals surface area (Å²) in [5.41, 5.74) is 0.0868. The van der Waals surface area contributed by atoms with Gasteiger partial charge < -0.3 is 9.84 Å². The van der Waals surface area contributed by atoms with Crippen LogP contribution in [-0.4, -0.2) is 25.4 Å². The molecule has 0 spiro atoms. The maximum absolute atomic E-state index is 8.84. The summed E-state index contributed by atoms with van der Waals surface area (Å²) in [6.07, 6.45) is 0. The first-order valence-corrected chi connectivity index (χ1v) is 3.64. The van der Waals surface area contributed by atoms with Crippen LogP contribution in [0.25, 0.3) is 0 Å². The molecule has 62 valence electrons. The van der Waals surface area contributed by atoms with Crippen molar-refractivity contribution in [3.63, 3.8) is 0 Å². The lowest BCUT2D eigenvalue weighted by Crippen LogP contribution is -2.29. The van der Waals surface area contributed by atoms with E-state index >= 15 is 0 Å². The molecule has 0 saturated heterocycles. The lowest BCUT2D eigenvalue weighted by atomic mass is 9.81. The molecule has 0 aliphatic rings. The van der Waals surface area contributed by atoms with Crippen molar-refractivity contribution in [2.45, 2.75) is 20.8 Å². The third-order valence-corrected chi connectivity index (χ3v) is 2.12. The molecule has 0 aliphatic heterocycles. The van der Waals surface area contributed by atoms with Crippen molar-refractivity contribution < 1.29 is 9.84 Å². The third-order valence-electron chi connectivity index (χ3n) is 2.12. The molecule has 0 radical (unpaired) electrons. The fourth-order valence-electron chi connectivity index (χ4n) is 0.761. The highest BCUT2D eigenvalue weighted by atomic mass is 16.5. The van der Waals surface area contributed by atoms with Gasteiger partial charge in [-0.2, -0.15) is 0 Å². The molecule has 0 amide bonds. The highest BCUT2D eigenvalue weighted by molar-refractivity contribution is 4.73. The van der Waals surface area contributed by atoms with Crippen LogP contribution in [0.15, 0.2) is 0 Å². The lowest BCUT2D eigenvalue weighted by molar-refractivity contribution is 0.0403. The Labute approximate surface area is 63.2 Å². The summed E-state index contributed by atoms with van der Waals surface area (Å²) in [5.74, 6) is 0.299. The minimum Gasteiger partial charge on any atom is -0.396 e. The van der Waals surface area contributed by atoms with Gasteiger partial charge in [-0.15, -0.1) is 0 Å². The fraction of sp³-hybridized carbons (Fsp3) is 1.00. The summed E-state index contributed by atoms with van der Waals surface area (Å²) >= 11 is 0. The third kappa shape index (κ3) is 2.67. The van der Waals surface area contributed by atoms with E-state index < -0.39 is 0 Å². The first kappa shape index (κ1) is 9.92. The number of methoxy groups -OCH3 is 1. The van der Waals surface area contributed by atoms with Crippen LogP contribution in [0.2, 0.25) is 0 Å². The highest BCUT2D eigenvalue weighted by Crippen LogP contribution is 2.25. The van der Waals surface area contributed by atoms with Crippen molar-refractivity contribution in [3.05, 3.63) is 0 Å². The number of hydrogen-bond donors (Lipinski definition) is 1. The van der Waals surface area contributed by atoms with Crippen molar-refractivity contribution in [1.29, 1.82) is 0 Å². The van der Waals surface area contributed by atoms with Gasteiger partial charge in [0, 0.05) is 13.7 Å². The second-order valence-corrected chi connectivity index (χ2v) is 3.51. The smallest absolute Gasteiger partial charge is 0.0516 e. The predicted octanol–water partition coefficient (Wildman–Crippen LogP) is 1.29. The van der Waals surface area contributed by atoms with E-state index in [1.807, 2.05) is 6.92 Å². The van der Waals surface area contributed by atoms with Gasteiger partial charge in [0.1, 0.15) is 0 Å². The molecule has 0 rings (SSSR count). The minimum absolute atomic E-state index is 0.0868. The number of ether oxygens (including phenoxy) is 1. The molecule has 1 N–H and O–H groups in total. The van der Waals surface area contributed by atoms with Crippen LogP contribution in [0.5, 0.6) is 0 Å². The Morgan fingerprint density at radius 2 is 2.00 bits per heavy atom. The molecule has 0 unspecified atom stereocenters. The molecule has 0 fully saturated rings. The molecular weight excluding hydrogens is 128 g/mol. The van der Waals surface area contributed by atoms with Gasteiger partial charge in [-0.1, -0.05) is 20.8 Å². The van der Waals surface area contributed by atoms with Gasteiger partial charge in [0.2, 0.25) is 0 Å². The van der Waals surface area contributed by atoms with E-state index in [1.54, 1.807) is 7.11 Å². The van der Waals surface area contributed by atoms with E-state index in [9.17, 15) is 0 Å². The van der Waals surface area contributed by atoms with Crippen LogP contribution in [0.1, 0.15) is 20.8 Å². The van der Waals surface area contributed by atoms with Crippen molar-refractivity contribution >= 4 is 0 Å². The highest BCUT2D eigenvalue weighted by Gasteiger charge is 2.24. The van der Waals surface area contributed by atoms with Crippen LogP contribution < -0.4 is 0 Å². The van der Waals surface area contributed by atoms with Gasteiger partial charge in [0.25, 0.3) is 0 Å². The Balaban J connectivity index is 3.82. The summed E-state index contributed by atoms with van der Waals surface area (Å²) in [4.78, 5) is 0. The summed E-state index contributed by atoms with van der Waals surface area (Å²) in [5, 5.41) is 8.84. The van der Waals surface area contributed by atoms with Crippen LogP contribution in [-0.2, 0) is 4.74 Å². The standard InChI is InChI=1S/C8H18O2/c1-7(5-9)8(2,3)6-10-4/h7,9H,5-6H2,1-4H3/t7-/m1/s1. The second kappa shape index (κ2) is 3.94. The molecule has 0 aromatic rings. The van der Waals surface area contributed by atoms with Crippen LogP contribution in [0.4, 0.5) is 0 Å². The monoisotopic (exact) mass is 146 g/mol. The van der Waals surface area contributed by atoms with E-state index in [2.05, 4.69) is 13.8 Å². The van der Waals surface area contributed by atoms with Gasteiger partial charge in [0.05, 0.1) is 6.61 Å². The van der Waals surface area contributed by atoms with Gasteiger partial charge in [-0.25, -0.2) is 0 Å². The lowest BCUT2D eigenvalue weighted by Gasteiger charge is -2.29. The largest absolute Gasteiger partial charge is 0.396 e. The molecule has 0 aliphatic carbocycles. The zero-order chi connectivity index (χ0) is 8.20. The van der Waals surface area contributed by atoms with E-state index in [1.165, 1.54) is 0 Å². The predicted molar refractivity (Wildman–Crippen MR) is 41.9 cm³/mol. The van der Waals surface area contributed by atoms with Crippen molar-refractivity contribution in [2.75, 3.05) is 20.3 Å². The molecule has 10 heavy (non-hydrogen) atoms. The summed E-state index contributed by atoms with van der Waals surface area (Å²) in [7, 11) is 1.69. The van der Waals surface area contributed by atoms with Crippen molar-refractivity contribution in [2.24, 2.45) is 11.3 Å². The van der Waals surface area contributed by atoms with Gasteiger partial charge in [0.15, 0.2) is 0 Å². The summed E-state index contributed by atoms with van der Waals surface area (Å²) in [6.45, 7) is 7.15. The zero-order valence-corrected chi connectivity index (χ0v) is 7.35. The molecule has 0 saturated carbocycles. The van der Waals surface area contributed by atoms with Crippen LogP contribution >= 0.6 is 0 Å². The molecule has 0 bridgehead atoms. The summed E-state index contributed by atoms with van der Waals surface area (Å²) < 4.78 is 5.02. The zero-order valence-electron chi connectivity index (χ0n) is 7.35. The molecule has 0 heterocycles. The van der Waals surface area contributed by atoms with Crippen LogP contribution in [0, 0.1) is 11.3 Å². The Bertz CT molecular complexity index is 89.3. The number of aliphatic hydroxyl groups is 1. The number of aliphatic hydroxyl groups excluding tert-OH is 1. The van der Waals surface area contributed by atoms with E-state index in [0.717, 1.165) is 0 Å². The normalized spacial score (nSPS) is 15.3.